The fraction of sp³-hybridized carbons (Fsp3) is 0. The molecule has 0 saturated heterocycles. The van der Waals surface area contributed by atoms with Crippen molar-refractivity contribution in [2.45, 2.75) is 0 Å². The number of nitrogen functional groups attached to an aromatic ring is 1. The Morgan fingerprint density at radius 1 is 1.40 bits per heavy atom. The van der Waals surface area contributed by atoms with Crippen LogP contribution in [0.4, 0.5) is 5.69 Å². The van der Waals surface area contributed by atoms with Crippen LogP contribution in [-0.2, 0) is 32.7 Å². The van der Waals surface area contributed by atoms with Gasteiger partial charge in [0.25, 0.3) is 5.56 Å². The average molecular weight is 276 g/mol. The third-order valence-corrected chi connectivity index (χ3v) is 1.67. The smallest absolute Gasteiger partial charge is 0.263 e. The number of nitrogens with zero attached hydrogens (tertiary/aromatic N) is 3. The van der Waals surface area contributed by atoms with Crippen molar-refractivity contribution in [1.29, 1.82) is 0 Å². The van der Waals surface area contributed by atoms with Crippen molar-refractivity contribution in [2.75, 3.05) is 5.73 Å². The molecule has 2 rings (SSSR count). The van der Waals surface area contributed by atoms with Crippen molar-refractivity contribution in [2.24, 2.45) is 0 Å². The third-order valence-electron chi connectivity index (χ3n) is 1.67. The summed E-state index contributed by atoms with van der Waals surface area (Å²) in [5.74, 6) is 0.478. The van der Waals surface area contributed by atoms with E-state index in [1.54, 1.807) is 6.07 Å². The number of anilines is 1. The third kappa shape index (κ3) is 2.70. The van der Waals surface area contributed by atoms with Crippen LogP contribution >= 0.6 is 0 Å². The molecule has 2 aromatic heterocycles. The quantitative estimate of drug-likeness (QED) is 0.744. The van der Waals surface area contributed by atoms with E-state index in [4.69, 9.17) is 5.73 Å². The molecule has 0 aliphatic heterocycles. The number of rotatable bonds is 1. The van der Waals surface area contributed by atoms with E-state index in [0.29, 0.717) is 11.5 Å². The molecule has 15 heavy (non-hydrogen) atoms. The van der Waals surface area contributed by atoms with Crippen LogP contribution in [0.3, 0.4) is 0 Å². The van der Waals surface area contributed by atoms with E-state index in [1.165, 1.54) is 29.4 Å². The summed E-state index contributed by atoms with van der Waals surface area (Å²) in [6.45, 7) is 0. The number of hydrogen-bond acceptors (Lipinski definition) is 4. The van der Waals surface area contributed by atoms with E-state index >= 15 is 0 Å². The summed E-state index contributed by atoms with van der Waals surface area (Å²) in [5.41, 5.74) is 5.63. The van der Waals surface area contributed by atoms with Gasteiger partial charge in [-0.25, -0.2) is 0 Å². The second-order valence-corrected chi connectivity index (χ2v) is 2.64. The van der Waals surface area contributed by atoms with Gasteiger partial charge in [-0.1, -0.05) is 11.9 Å². The van der Waals surface area contributed by atoms with Crippen LogP contribution in [0.5, 0.6) is 0 Å². The Bertz CT molecular complexity index is 494. The molecule has 1 radical (unpaired) electrons. The van der Waals surface area contributed by atoms with Gasteiger partial charge in [-0.15, -0.1) is 6.07 Å². The van der Waals surface area contributed by atoms with Crippen molar-refractivity contribution < 1.29 is 32.7 Å². The molecule has 0 amide bonds. The summed E-state index contributed by atoms with van der Waals surface area (Å²) in [4.78, 5) is 19.0. The van der Waals surface area contributed by atoms with Crippen LogP contribution in [0, 0.1) is 6.07 Å². The van der Waals surface area contributed by atoms with E-state index in [1.807, 2.05) is 0 Å². The van der Waals surface area contributed by atoms with E-state index in [9.17, 15) is 4.79 Å². The first-order valence-corrected chi connectivity index (χ1v) is 3.93. The second-order valence-electron chi connectivity index (χ2n) is 2.64. The molecule has 2 N–H and O–H groups in total. The van der Waals surface area contributed by atoms with Crippen LogP contribution in [-0.4, -0.2) is 14.5 Å². The van der Waals surface area contributed by atoms with Gasteiger partial charge < -0.3 is 15.3 Å². The van der Waals surface area contributed by atoms with Gasteiger partial charge in [0.15, 0.2) is 0 Å². The first-order chi connectivity index (χ1) is 6.77. The molecule has 2 aromatic rings. The molecule has 0 bridgehead atoms. The molecular weight excluding hydrogens is 269 g/mol. The molecule has 0 unspecified atom stereocenters. The summed E-state index contributed by atoms with van der Waals surface area (Å²) >= 11 is 0. The minimum absolute atomic E-state index is 0. The molecule has 2 heterocycles. The normalized spacial score (nSPS) is 9.33. The Balaban J connectivity index is 0.00000112. The van der Waals surface area contributed by atoms with Gasteiger partial charge in [0.2, 0.25) is 0 Å². The summed E-state index contributed by atoms with van der Waals surface area (Å²) in [6.07, 6.45) is 5.72. The van der Waals surface area contributed by atoms with Crippen LogP contribution in [0.15, 0.2) is 35.6 Å². The van der Waals surface area contributed by atoms with Gasteiger partial charge in [-0.2, -0.15) is 6.07 Å². The van der Waals surface area contributed by atoms with E-state index < -0.39 is 0 Å². The van der Waals surface area contributed by atoms with Crippen molar-refractivity contribution in [3.05, 3.63) is 47.3 Å². The predicted molar refractivity (Wildman–Crippen MR) is 50.9 cm³/mol. The zero-order valence-electron chi connectivity index (χ0n) is 7.79. The van der Waals surface area contributed by atoms with Gasteiger partial charge in [0, 0.05) is 50.9 Å². The molecule has 73 valence electrons. The fourth-order valence-corrected chi connectivity index (χ4v) is 1.03. The first kappa shape index (κ1) is 12.0. The van der Waals surface area contributed by atoms with Crippen molar-refractivity contribution in [3.63, 3.8) is 0 Å². The monoisotopic (exact) mass is 276 g/mol. The Morgan fingerprint density at radius 3 is 2.80 bits per heavy atom. The number of hydrogen-bond donors (Lipinski definition) is 1. The molecule has 0 aliphatic carbocycles. The first-order valence-electron chi connectivity index (χ1n) is 3.93. The molecule has 5 nitrogen and oxygen atoms in total. The van der Waals surface area contributed by atoms with Crippen molar-refractivity contribution >= 4 is 5.69 Å². The average Bonchev–Trinajstić information content (AvgIpc) is 2.20. The van der Waals surface area contributed by atoms with Crippen molar-refractivity contribution in [3.8, 4) is 5.82 Å². The zero-order valence-corrected chi connectivity index (χ0v) is 10.6. The van der Waals surface area contributed by atoms with Gasteiger partial charge in [0.05, 0.1) is 6.20 Å². The van der Waals surface area contributed by atoms with Crippen LogP contribution in [0.25, 0.3) is 5.82 Å². The molecule has 0 aliphatic rings. The molecule has 0 spiro atoms. The van der Waals surface area contributed by atoms with Crippen LogP contribution < -0.4 is 11.3 Å². The topological polar surface area (TPSA) is 73.8 Å². The Kier molecular flexibility index (Phi) is 4.11. The molecule has 0 atom stereocenters. The van der Waals surface area contributed by atoms with Gasteiger partial charge in [-0.05, 0) is 0 Å². The van der Waals surface area contributed by atoms with Gasteiger partial charge in [0.1, 0.15) is 0 Å². The van der Waals surface area contributed by atoms with Crippen LogP contribution in [0.2, 0.25) is 0 Å². The molecule has 0 fully saturated rings. The number of nitrogens with two attached hydrogens (primary N) is 1. The van der Waals surface area contributed by atoms with E-state index in [0.717, 1.165) is 0 Å². The Morgan fingerprint density at radius 2 is 2.20 bits per heavy atom. The van der Waals surface area contributed by atoms with Crippen molar-refractivity contribution in [1.82, 2.24) is 14.5 Å². The van der Waals surface area contributed by atoms with Gasteiger partial charge >= 0.3 is 0 Å². The van der Waals surface area contributed by atoms with E-state index in [2.05, 4.69) is 16.0 Å². The molecular formula is C9H7N4OY-. The maximum atomic E-state index is 11.3. The fourth-order valence-electron chi connectivity index (χ4n) is 1.03. The zero-order chi connectivity index (χ0) is 9.97. The number of aromatic nitrogens is 3. The maximum absolute atomic E-state index is 11.3. The Hall–Kier alpha value is -1.07. The van der Waals surface area contributed by atoms with Gasteiger partial charge in [-0.3, -0.25) is 9.78 Å². The minimum atomic E-state index is -0.238. The summed E-state index contributed by atoms with van der Waals surface area (Å²) in [7, 11) is 0. The summed E-state index contributed by atoms with van der Waals surface area (Å²) in [5, 5.41) is 0. The SMILES string of the molecule is Nc1[c-]cc(-n2ccncc2=O)nc1.[Y]. The summed E-state index contributed by atoms with van der Waals surface area (Å²) < 4.78 is 1.36. The maximum Gasteiger partial charge on any atom is 0.263 e. The summed E-state index contributed by atoms with van der Waals surface area (Å²) in [6, 6.07) is 4.31. The van der Waals surface area contributed by atoms with E-state index in [-0.39, 0.29) is 38.3 Å². The predicted octanol–water partition coefficient (Wildman–Crippen LogP) is 0.00739. The van der Waals surface area contributed by atoms with Crippen LogP contribution in [0.1, 0.15) is 0 Å². The Labute approximate surface area is 111 Å². The second kappa shape index (κ2) is 5.14. The number of pyridine rings is 1. The minimum Gasteiger partial charge on any atom is -0.418 e. The largest absolute Gasteiger partial charge is 0.418 e. The standard InChI is InChI=1S/C9H7N4O.Y/c10-7-1-2-8(12-5-7)13-4-3-11-6-9(13)14;/h2-6H,10H2;/q-1;. The molecule has 0 aromatic carbocycles. The molecule has 6 heteroatoms. The molecule has 0 saturated carbocycles.